The molecule has 0 saturated carbocycles. The minimum absolute atomic E-state index is 0.147. The van der Waals surface area contributed by atoms with Gasteiger partial charge in [0.15, 0.2) is 0 Å². The Morgan fingerprint density at radius 2 is 2.22 bits per heavy atom. The molecule has 2 nitrogen and oxygen atoms in total. The van der Waals surface area contributed by atoms with Crippen molar-refractivity contribution in [2.24, 2.45) is 5.92 Å². The van der Waals surface area contributed by atoms with Gasteiger partial charge in [-0.1, -0.05) is 0 Å². The van der Waals surface area contributed by atoms with E-state index < -0.39 is 6.67 Å². The summed E-state index contributed by atoms with van der Waals surface area (Å²) in [7, 11) is 1.50. The molecule has 0 fully saturated rings. The van der Waals surface area contributed by atoms with Gasteiger partial charge in [0.1, 0.15) is 0 Å². The highest BCUT2D eigenvalue weighted by Gasteiger charge is 2.14. The second kappa shape index (κ2) is 4.70. The zero-order chi connectivity index (χ0) is 7.28. The lowest BCUT2D eigenvalue weighted by Crippen LogP contribution is -2.24. The lowest BCUT2D eigenvalue weighted by Gasteiger charge is -2.16. The van der Waals surface area contributed by atoms with Crippen LogP contribution in [-0.4, -0.2) is 31.6 Å². The number of rotatable bonds is 4. The van der Waals surface area contributed by atoms with Gasteiger partial charge in [-0.3, -0.25) is 4.39 Å². The molecule has 9 heavy (non-hydrogen) atoms. The Kier molecular flexibility index (Phi) is 4.62. The van der Waals surface area contributed by atoms with Crippen molar-refractivity contribution in [3.05, 3.63) is 0 Å². The number of aliphatic hydroxyl groups is 1. The molecule has 0 aromatic heterocycles. The van der Waals surface area contributed by atoms with Crippen LogP contribution in [0.1, 0.15) is 6.92 Å². The third-order valence-electron chi connectivity index (χ3n) is 1.47. The Labute approximate surface area is 54.6 Å². The third kappa shape index (κ3) is 2.77. The Morgan fingerprint density at radius 3 is 2.33 bits per heavy atom. The van der Waals surface area contributed by atoms with E-state index >= 15 is 0 Å². The van der Waals surface area contributed by atoms with Crippen LogP contribution in [-0.2, 0) is 4.74 Å². The molecule has 0 rings (SSSR count). The highest BCUT2D eigenvalue weighted by Crippen LogP contribution is 2.05. The lowest BCUT2D eigenvalue weighted by atomic mass is 10.1. The number of methoxy groups -OCH3 is 1. The molecule has 1 unspecified atom stereocenters. The minimum Gasteiger partial charge on any atom is -0.396 e. The fraction of sp³-hybridized carbons (Fsp3) is 1.00. The fourth-order valence-electron chi connectivity index (χ4n) is 0.515. The molecule has 0 saturated heterocycles. The van der Waals surface area contributed by atoms with E-state index in [4.69, 9.17) is 9.84 Å². The Morgan fingerprint density at radius 1 is 1.67 bits per heavy atom. The average Bonchev–Trinajstić information content (AvgIpc) is 1.90. The van der Waals surface area contributed by atoms with Gasteiger partial charge in [-0.15, -0.1) is 0 Å². The molecule has 1 N–H and O–H groups in total. The Bertz CT molecular complexity index is 64.1. The van der Waals surface area contributed by atoms with Crippen LogP contribution in [0, 0.1) is 5.92 Å². The van der Waals surface area contributed by atoms with Crippen molar-refractivity contribution in [3.63, 3.8) is 0 Å². The number of halogens is 1. The topological polar surface area (TPSA) is 29.5 Å². The predicted molar refractivity (Wildman–Crippen MR) is 33.0 cm³/mol. The summed E-state index contributed by atoms with van der Waals surface area (Å²) in [6.45, 7) is 1.07. The molecule has 0 amide bonds. The van der Waals surface area contributed by atoms with Crippen LogP contribution < -0.4 is 0 Å². The number of hydrogen-bond donors (Lipinski definition) is 1. The smallest absolute Gasteiger partial charge is 0.0969 e. The maximum Gasteiger partial charge on any atom is 0.0969 e. The van der Waals surface area contributed by atoms with Crippen molar-refractivity contribution in [2.75, 3.05) is 20.4 Å². The summed E-state index contributed by atoms with van der Waals surface area (Å²) < 4.78 is 16.6. The molecular weight excluding hydrogens is 123 g/mol. The van der Waals surface area contributed by atoms with Crippen LogP contribution in [0.4, 0.5) is 4.39 Å². The number of aliphatic hydroxyl groups excluding tert-OH is 1. The van der Waals surface area contributed by atoms with E-state index in [0.29, 0.717) is 0 Å². The summed E-state index contributed by atoms with van der Waals surface area (Å²) in [5.74, 6) is -0.366. The van der Waals surface area contributed by atoms with Crippen LogP contribution in [0.25, 0.3) is 0 Å². The van der Waals surface area contributed by atoms with Gasteiger partial charge in [0.25, 0.3) is 0 Å². The molecule has 3 heteroatoms. The molecule has 0 aromatic carbocycles. The van der Waals surface area contributed by atoms with Gasteiger partial charge in [-0.2, -0.15) is 0 Å². The van der Waals surface area contributed by atoms with Crippen LogP contribution in [0.5, 0.6) is 0 Å². The molecule has 56 valence electrons. The largest absolute Gasteiger partial charge is 0.396 e. The summed E-state index contributed by atoms with van der Waals surface area (Å²) >= 11 is 0. The molecule has 0 aliphatic carbocycles. The van der Waals surface area contributed by atoms with Gasteiger partial charge in [-0.25, -0.2) is 0 Å². The number of hydrogen-bond acceptors (Lipinski definition) is 2. The van der Waals surface area contributed by atoms with Gasteiger partial charge < -0.3 is 9.84 Å². The van der Waals surface area contributed by atoms with E-state index in [2.05, 4.69) is 0 Å². The summed E-state index contributed by atoms with van der Waals surface area (Å²) in [5.41, 5.74) is 0. The highest BCUT2D eigenvalue weighted by atomic mass is 19.1. The molecule has 0 heterocycles. The fourth-order valence-corrected chi connectivity index (χ4v) is 0.515. The van der Waals surface area contributed by atoms with E-state index in [1.54, 1.807) is 6.92 Å². The monoisotopic (exact) mass is 136 g/mol. The number of alkyl halides is 1. The first-order chi connectivity index (χ1) is 4.26. The third-order valence-corrected chi connectivity index (χ3v) is 1.47. The standard InChI is InChI=1S/C6H13FO2/c1-5(9-2)6(3-7)4-8/h5-6,8H,3-4H2,1-2H3/t5?,6-/m0/s1. The zero-order valence-electron chi connectivity index (χ0n) is 5.80. The molecule has 0 radical (unpaired) electrons. The van der Waals surface area contributed by atoms with Crippen LogP contribution >= 0.6 is 0 Å². The van der Waals surface area contributed by atoms with Crippen LogP contribution in [0.2, 0.25) is 0 Å². The van der Waals surface area contributed by atoms with Crippen molar-refractivity contribution < 1.29 is 14.2 Å². The predicted octanol–water partition coefficient (Wildman–Crippen LogP) is 0.599. The molecular formula is C6H13FO2. The van der Waals surface area contributed by atoms with Crippen LogP contribution in [0.3, 0.4) is 0 Å². The number of ether oxygens (including phenoxy) is 1. The first-order valence-corrected chi connectivity index (χ1v) is 2.95. The Hall–Kier alpha value is -0.150. The molecule has 0 aliphatic heterocycles. The van der Waals surface area contributed by atoms with E-state index in [1.165, 1.54) is 7.11 Å². The summed E-state index contributed by atoms with van der Waals surface area (Å²) in [6, 6.07) is 0. The second-order valence-corrected chi connectivity index (χ2v) is 2.04. The SMILES string of the molecule is COC(C)[C@H](CO)CF. The lowest BCUT2D eigenvalue weighted by molar-refractivity contribution is 0.0280. The van der Waals surface area contributed by atoms with Crippen molar-refractivity contribution in [2.45, 2.75) is 13.0 Å². The molecule has 0 aromatic rings. The minimum atomic E-state index is -0.522. The van der Waals surface area contributed by atoms with E-state index in [1.807, 2.05) is 0 Å². The maximum absolute atomic E-state index is 11.9. The van der Waals surface area contributed by atoms with Gasteiger partial charge in [0.2, 0.25) is 0 Å². The molecule has 0 aliphatic rings. The normalized spacial score (nSPS) is 17.3. The second-order valence-electron chi connectivity index (χ2n) is 2.04. The average molecular weight is 136 g/mol. The van der Waals surface area contributed by atoms with E-state index in [0.717, 1.165) is 0 Å². The van der Waals surface area contributed by atoms with Gasteiger partial charge in [0, 0.05) is 13.0 Å². The molecule has 0 bridgehead atoms. The maximum atomic E-state index is 11.9. The zero-order valence-corrected chi connectivity index (χ0v) is 5.80. The Balaban J connectivity index is 3.50. The van der Waals surface area contributed by atoms with Crippen molar-refractivity contribution in [3.8, 4) is 0 Å². The summed E-state index contributed by atoms with van der Waals surface area (Å²) in [6.07, 6.45) is -0.194. The first kappa shape index (κ1) is 8.85. The van der Waals surface area contributed by atoms with Crippen molar-refractivity contribution >= 4 is 0 Å². The quantitative estimate of drug-likeness (QED) is 0.613. The summed E-state index contributed by atoms with van der Waals surface area (Å²) in [4.78, 5) is 0. The molecule has 0 spiro atoms. The van der Waals surface area contributed by atoms with Crippen molar-refractivity contribution in [1.29, 1.82) is 0 Å². The van der Waals surface area contributed by atoms with E-state index in [-0.39, 0.29) is 18.6 Å². The van der Waals surface area contributed by atoms with Crippen LogP contribution in [0.15, 0.2) is 0 Å². The van der Waals surface area contributed by atoms with Crippen molar-refractivity contribution in [1.82, 2.24) is 0 Å². The summed E-state index contributed by atoms with van der Waals surface area (Å²) in [5, 5.41) is 8.51. The van der Waals surface area contributed by atoms with Gasteiger partial charge in [0.05, 0.1) is 19.4 Å². The van der Waals surface area contributed by atoms with E-state index in [9.17, 15) is 4.39 Å². The highest BCUT2D eigenvalue weighted by molar-refractivity contribution is 4.62. The first-order valence-electron chi connectivity index (χ1n) is 2.95. The molecule has 2 atom stereocenters. The van der Waals surface area contributed by atoms with Gasteiger partial charge >= 0.3 is 0 Å². The van der Waals surface area contributed by atoms with Gasteiger partial charge in [-0.05, 0) is 6.92 Å².